The second-order valence-electron chi connectivity index (χ2n) is 3.51. The zero-order valence-electron chi connectivity index (χ0n) is 8.57. The highest BCUT2D eigenvalue weighted by atomic mass is 16.1. The highest BCUT2D eigenvalue weighted by molar-refractivity contribution is 5.98. The van der Waals surface area contributed by atoms with Gasteiger partial charge in [0.2, 0.25) is 0 Å². The van der Waals surface area contributed by atoms with Gasteiger partial charge in [0.25, 0.3) is 0 Å². The van der Waals surface area contributed by atoms with Gasteiger partial charge in [-0.3, -0.25) is 14.6 Å². The minimum Gasteiger partial charge on any atom is -0.294 e. The van der Waals surface area contributed by atoms with E-state index in [0.29, 0.717) is 11.3 Å². The number of pyridine rings is 1. The van der Waals surface area contributed by atoms with Crippen LogP contribution in [-0.4, -0.2) is 16.6 Å². The van der Waals surface area contributed by atoms with Crippen LogP contribution in [0.3, 0.4) is 0 Å². The van der Waals surface area contributed by atoms with E-state index in [1.165, 1.54) is 13.1 Å². The van der Waals surface area contributed by atoms with E-state index < -0.39 is 0 Å². The van der Waals surface area contributed by atoms with Crippen molar-refractivity contribution in [2.45, 2.75) is 20.8 Å². The molecule has 0 fully saturated rings. The van der Waals surface area contributed by atoms with E-state index in [1.807, 2.05) is 13.8 Å². The molecule has 0 aliphatic rings. The van der Waals surface area contributed by atoms with Crippen LogP contribution in [0.2, 0.25) is 0 Å². The van der Waals surface area contributed by atoms with E-state index in [1.54, 1.807) is 12.1 Å². The third-order valence-electron chi connectivity index (χ3n) is 1.93. The summed E-state index contributed by atoms with van der Waals surface area (Å²) < 4.78 is 0. The second kappa shape index (κ2) is 4.13. The molecule has 0 bridgehead atoms. The fourth-order valence-corrected chi connectivity index (χ4v) is 1.08. The molecule has 74 valence electrons. The van der Waals surface area contributed by atoms with E-state index >= 15 is 0 Å². The van der Waals surface area contributed by atoms with Gasteiger partial charge < -0.3 is 0 Å². The summed E-state index contributed by atoms with van der Waals surface area (Å²) in [6.45, 7) is 5.12. The lowest BCUT2D eigenvalue weighted by Crippen LogP contribution is -2.08. The maximum atomic E-state index is 11.5. The van der Waals surface area contributed by atoms with Crippen molar-refractivity contribution in [1.29, 1.82) is 0 Å². The predicted molar refractivity (Wildman–Crippen MR) is 53.4 cm³/mol. The summed E-state index contributed by atoms with van der Waals surface area (Å²) in [5.41, 5.74) is 0.954. The Morgan fingerprint density at radius 2 is 1.93 bits per heavy atom. The lowest BCUT2D eigenvalue weighted by molar-refractivity contribution is 0.0937. The molecule has 0 radical (unpaired) electrons. The van der Waals surface area contributed by atoms with Gasteiger partial charge in [-0.05, 0) is 12.1 Å². The van der Waals surface area contributed by atoms with Gasteiger partial charge in [0.1, 0.15) is 5.69 Å². The number of hydrogen-bond donors (Lipinski definition) is 0. The average molecular weight is 191 g/mol. The molecule has 0 saturated carbocycles. The molecule has 3 heteroatoms. The maximum absolute atomic E-state index is 11.5. The van der Waals surface area contributed by atoms with Crippen molar-refractivity contribution in [1.82, 2.24) is 4.98 Å². The van der Waals surface area contributed by atoms with Crippen LogP contribution in [0.25, 0.3) is 0 Å². The van der Waals surface area contributed by atoms with Crippen LogP contribution in [0.15, 0.2) is 18.3 Å². The summed E-state index contributed by atoms with van der Waals surface area (Å²) >= 11 is 0. The third kappa shape index (κ3) is 2.25. The number of carbonyl (C=O) groups is 2. The molecule has 1 heterocycles. The Kier molecular flexibility index (Phi) is 3.12. The molecule has 0 unspecified atom stereocenters. The first kappa shape index (κ1) is 10.6. The first-order valence-electron chi connectivity index (χ1n) is 4.53. The monoisotopic (exact) mass is 191 g/mol. The Morgan fingerprint density at radius 3 is 2.29 bits per heavy atom. The van der Waals surface area contributed by atoms with Gasteiger partial charge in [0, 0.05) is 24.6 Å². The molecule has 1 rings (SSSR count). The molecule has 0 aliphatic carbocycles. The van der Waals surface area contributed by atoms with Gasteiger partial charge in [0.05, 0.1) is 0 Å². The van der Waals surface area contributed by atoms with Crippen molar-refractivity contribution < 1.29 is 9.59 Å². The summed E-state index contributed by atoms with van der Waals surface area (Å²) in [6.07, 6.45) is 1.46. The van der Waals surface area contributed by atoms with Crippen molar-refractivity contribution in [2.75, 3.05) is 0 Å². The molecule has 0 N–H and O–H groups in total. The molecule has 0 aliphatic heterocycles. The van der Waals surface area contributed by atoms with E-state index in [4.69, 9.17) is 0 Å². The van der Waals surface area contributed by atoms with Crippen LogP contribution in [0.4, 0.5) is 0 Å². The van der Waals surface area contributed by atoms with Crippen LogP contribution in [0.1, 0.15) is 41.6 Å². The Bertz CT molecular complexity index is 352. The Morgan fingerprint density at radius 1 is 1.29 bits per heavy atom. The second-order valence-corrected chi connectivity index (χ2v) is 3.51. The number of carbonyl (C=O) groups excluding carboxylic acids is 2. The molecule has 14 heavy (non-hydrogen) atoms. The van der Waals surface area contributed by atoms with Gasteiger partial charge >= 0.3 is 0 Å². The smallest absolute Gasteiger partial charge is 0.178 e. The molecule has 0 saturated heterocycles. The molecule has 0 amide bonds. The van der Waals surface area contributed by atoms with E-state index in [2.05, 4.69) is 4.98 Å². The Labute approximate surface area is 83.2 Å². The van der Waals surface area contributed by atoms with Crippen LogP contribution < -0.4 is 0 Å². The first-order valence-corrected chi connectivity index (χ1v) is 4.53. The van der Waals surface area contributed by atoms with Crippen molar-refractivity contribution in [3.63, 3.8) is 0 Å². The molecule has 0 aromatic carbocycles. The van der Waals surface area contributed by atoms with Gasteiger partial charge in [0.15, 0.2) is 11.6 Å². The first-order chi connectivity index (χ1) is 6.52. The lowest BCUT2D eigenvalue weighted by atomic mass is 10.0. The van der Waals surface area contributed by atoms with Gasteiger partial charge in [-0.25, -0.2) is 0 Å². The zero-order valence-corrected chi connectivity index (χ0v) is 8.57. The SMILES string of the molecule is CC(=O)c1ccc(C(=O)C(C)C)cn1. The highest BCUT2D eigenvalue weighted by Crippen LogP contribution is 2.07. The number of rotatable bonds is 3. The average Bonchev–Trinajstić information content (AvgIpc) is 2.16. The quantitative estimate of drug-likeness (QED) is 0.687. The van der Waals surface area contributed by atoms with Gasteiger partial charge in [-0.2, -0.15) is 0 Å². The molecule has 0 atom stereocenters. The summed E-state index contributed by atoms with van der Waals surface area (Å²) in [5, 5.41) is 0. The summed E-state index contributed by atoms with van der Waals surface area (Å²) in [5.74, 6) is -0.0823. The standard InChI is InChI=1S/C11H13NO2/c1-7(2)11(14)9-4-5-10(8(3)13)12-6-9/h4-7H,1-3H3. The maximum Gasteiger partial charge on any atom is 0.178 e. The summed E-state index contributed by atoms with van der Waals surface area (Å²) in [6, 6.07) is 3.23. The largest absolute Gasteiger partial charge is 0.294 e. The fourth-order valence-electron chi connectivity index (χ4n) is 1.08. The summed E-state index contributed by atoms with van der Waals surface area (Å²) in [7, 11) is 0. The zero-order chi connectivity index (χ0) is 10.7. The normalized spacial score (nSPS) is 10.3. The van der Waals surface area contributed by atoms with Crippen LogP contribution >= 0.6 is 0 Å². The molecule has 1 aromatic rings. The molecule has 0 spiro atoms. The van der Waals surface area contributed by atoms with Gasteiger partial charge in [-0.15, -0.1) is 0 Å². The third-order valence-corrected chi connectivity index (χ3v) is 1.93. The van der Waals surface area contributed by atoms with Gasteiger partial charge in [-0.1, -0.05) is 13.8 Å². The number of aromatic nitrogens is 1. The Balaban J connectivity index is 2.94. The van der Waals surface area contributed by atoms with Crippen molar-refractivity contribution in [2.24, 2.45) is 5.92 Å². The van der Waals surface area contributed by atoms with Crippen molar-refractivity contribution >= 4 is 11.6 Å². The highest BCUT2D eigenvalue weighted by Gasteiger charge is 2.11. The predicted octanol–water partition coefficient (Wildman–Crippen LogP) is 2.12. The minimum atomic E-state index is -0.0893. The van der Waals surface area contributed by atoms with E-state index in [9.17, 15) is 9.59 Å². The fraction of sp³-hybridized carbons (Fsp3) is 0.364. The van der Waals surface area contributed by atoms with Crippen molar-refractivity contribution in [3.05, 3.63) is 29.6 Å². The summed E-state index contributed by atoms with van der Waals surface area (Å²) in [4.78, 5) is 26.3. The van der Waals surface area contributed by atoms with Crippen LogP contribution in [-0.2, 0) is 0 Å². The number of ketones is 2. The van der Waals surface area contributed by atoms with Crippen LogP contribution in [0.5, 0.6) is 0 Å². The van der Waals surface area contributed by atoms with Crippen molar-refractivity contribution in [3.8, 4) is 0 Å². The number of hydrogen-bond acceptors (Lipinski definition) is 3. The number of Topliss-reactive ketones (excluding diaryl/α,β-unsaturated/α-hetero) is 2. The minimum absolute atomic E-state index is 0.0417. The Hall–Kier alpha value is -1.51. The molecular formula is C11H13NO2. The number of nitrogens with zero attached hydrogens (tertiary/aromatic N) is 1. The lowest BCUT2D eigenvalue weighted by Gasteiger charge is -2.03. The molecule has 1 aromatic heterocycles. The van der Waals surface area contributed by atoms with E-state index in [0.717, 1.165) is 0 Å². The molecule has 3 nitrogen and oxygen atoms in total. The topological polar surface area (TPSA) is 47.0 Å². The molecular weight excluding hydrogens is 178 g/mol. The van der Waals surface area contributed by atoms with E-state index in [-0.39, 0.29) is 17.5 Å². The van der Waals surface area contributed by atoms with Crippen LogP contribution in [0, 0.1) is 5.92 Å².